The van der Waals surface area contributed by atoms with Crippen LogP contribution in [0.4, 0.5) is 5.69 Å². The van der Waals surface area contributed by atoms with Crippen molar-refractivity contribution in [2.75, 3.05) is 23.7 Å². The van der Waals surface area contributed by atoms with E-state index in [1.165, 1.54) is 5.56 Å². The third kappa shape index (κ3) is 3.58. The Kier molecular flexibility index (Phi) is 4.36. The Labute approximate surface area is 128 Å². The van der Waals surface area contributed by atoms with Crippen LogP contribution in [0.15, 0.2) is 18.2 Å². The first-order valence-electron chi connectivity index (χ1n) is 7.44. The number of rotatable bonds is 4. The fourth-order valence-electron chi connectivity index (χ4n) is 2.74. The number of benzene rings is 1. The van der Waals surface area contributed by atoms with Gasteiger partial charge >= 0.3 is 0 Å². The average Bonchev–Trinajstić information content (AvgIpc) is 2.78. The quantitative estimate of drug-likeness (QED) is 0.930. The Morgan fingerprint density at radius 1 is 1.33 bits per heavy atom. The minimum absolute atomic E-state index is 0.175. The summed E-state index contributed by atoms with van der Waals surface area (Å²) in [7, 11) is -1.32. The topological polar surface area (TPSA) is 49.4 Å². The summed E-state index contributed by atoms with van der Waals surface area (Å²) in [6.45, 7) is 8.54. The Morgan fingerprint density at radius 3 is 2.57 bits per heavy atom. The molecule has 21 heavy (non-hydrogen) atoms. The number of fused-ring (bicyclic) bond motifs is 1. The summed E-state index contributed by atoms with van der Waals surface area (Å²) in [4.78, 5) is 0. The second-order valence-electron chi connectivity index (χ2n) is 7.04. The summed E-state index contributed by atoms with van der Waals surface area (Å²) >= 11 is 0. The number of hydrogen-bond acceptors (Lipinski definition) is 3. The van der Waals surface area contributed by atoms with E-state index in [0.717, 1.165) is 17.7 Å². The average molecular weight is 310 g/mol. The molecule has 0 saturated carbocycles. The lowest BCUT2D eigenvalue weighted by Crippen LogP contribution is -2.35. The van der Waals surface area contributed by atoms with Gasteiger partial charge in [-0.1, -0.05) is 32.9 Å². The van der Waals surface area contributed by atoms with Gasteiger partial charge in [0.05, 0.1) is 11.4 Å². The predicted molar refractivity (Wildman–Crippen MR) is 88.2 cm³/mol. The smallest absolute Gasteiger partial charge is 0.235 e. The van der Waals surface area contributed by atoms with Gasteiger partial charge in [-0.15, -0.1) is 0 Å². The Balaban J connectivity index is 2.31. The SMILES string of the molecule is CNC(C)c1ccc2c(c1)CCN2S(=O)(=O)CC(C)(C)C. The van der Waals surface area contributed by atoms with E-state index in [-0.39, 0.29) is 17.2 Å². The van der Waals surface area contributed by atoms with E-state index >= 15 is 0 Å². The van der Waals surface area contributed by atoms with Crippen molar-refractivity contribution < 1.29 is 8.42 Å². The second kappa shape index (κ2) is 5.61. The van der Waals surface area contributed by atoms with Crippen LogP contribution in [0.3, 0.4) is 0 Å². The number of nitrogens with zero attached hydrogens (tertiary/aromatic N) is 1. The molecular formula is C16H26N2O2S. The zero-order valence-corrected chi connectivity index (χ0v) is 14.4. The summed E-state index contributed by atoms with van der Waals surface area (Å²) in [6.07, 6.45) is 0.795. The molecule has 0 saturated heterocycles. The Morgan fingerprint density at radius 2 is 2.00 bits per heavy atom. The fourth-order valence-corrected chi connectivity index (χ4v) is 4.84. The molecule has 1 heterocycles. The third-order valence-corrected chi connectivity index (χ3v) is 6.12. The molecular weight excluding hydrogens is 284 g/mol. The van der Waals surface area contributed by atoms with E-state index in [1.807, 2.05) is 40.0 Å². The standard InChI is InChI=1S/C16H26N2O2S/c1-12(17-5)13-6-7-15-14(10-13)8-9-18(15)21(19,20)11-16(2,3)4/h6-7,10,12,17H,8-9,11H2,1-5H3. The number of sulfonamides is 1. The van der Waals surface area contributed by atoms with E-state index in [1.54, 1.807) is 4.31 Å². The molecule has 0 aliphatic carbocycles. The fraction of sp³-hybridized carbons (Fsp3) is 0.625. The molecule has 1 aliphatic heterocycles. The van der Waals surface area contributed by atoms with Crippen molar-refractivity contribution in [2.24, 2.45) is 5.41 Å². The van der Waals surface area contributed by atoms with Crippen molar-refractivity contribution in [3.8, 4) is 0 Å². The zero-order valence-electron chi connectivity index (χ0n) is 13.6. The molecule has 1 aliphatic rings. The number of nitrogens with one attached hydrogen (secondary N) is 1. The lowest BCUT2D eigenvalue weighted by molar-refractivity contribution is 0.461. The summed E-state index contributed by atoms with van der Waals surface area (Å²) < 4.78 is 26.8. The van der Waals surface area contributed by atoms with Gasteiger partial charge in [-0.05, 0) is 43.0 Å². The normalized spacial score (nSPS) is 16.9. The van der Waals surface area contributed by atoms with Crippen LogP contribution in [0.5, 0.6) is 0 Å². The van der Waals surface area contributed by atoms with Crippen LogP contribution >= 0.6 is 0 Å². The molecule has 0 radical (unpaired) electrons. The van der Waals surface area contributed by atoms with Gasteiger partial charge in [-0.25, -0.2) is 8.42 Å². The van der Waals surface area contributed by atoms with Crippen molar-refractivity contribution in [1.82, 2.24) is 5.32 Å². The highest BCUT2D eigenvalue weighted by molar-refractivity contribution is 7.92. The molecule has 1 N–H and O–H groups in total. The summed E-state index contributed by atoms with van der Waals surface area (Å²) in [5.74, 6) is 0.175. The molecule has 1 aromatic carbocycles. The molecule has 0 amide bonds. The molecule has 0 spiro atoms. The second-order valence-corrected chi connectivity index (χ2v) is 8.93. The van der Waals surface area contributed by atoms with E-state index in [2.05, 4.69) is 18.3 Å². The lowest BCUT2D eigenvalue weighted by atomic mass is 10.0. The first kappa shape index (κ1) is 16.3. The van der Waals surface area contributed by atoms with Crippen LogP contribution in [-0.4, -0.2) is 27.8 Å². The highest BCUT2D eigenvalue weighted by atomic mass is 32.2. The van der Waals surface area contributed by atoms with Gasteiger partial charge in [-0.2, -0.15) is 0 Å². The summed E-state index contributed by atoms with van der Waals surface area (Å²) in [5, 5.41) is 3.21. The van der Waals surface area contributed by atoms with Crippen LogP contribution in [0.2, 0.25) is 0 Å². The molecule has 118 valence electrons. The molecule has 0 fully saturated rings. The van der Waals surface area contributed by atoms with Gasteiger partial charge in [0.15, 0.2) is 0 Å². The van der Waals surface area contributed by atoms with E-state index in [9.17, 15) is 8.42 Å². The first-order valence-corrected chi connectivity index (χ1v) is 9.05. The van der Waals surface area contributed by atoms with Crippen LogP contribution in [0, 0.1) is 5.41 Å². The molecule has 0 aromatic heterocycles. The molecule has 1 atom stereocenters. The van der Waals surface area contributed by atoms with Gasteiger partial charge in [0.2, 0.25) is 10.0 Å². The maximum absolute atomic E-state index is 12.6. The lowest BCUT2D eigenvalue weighted by Gasteiger charge is -2.25. The van der Waals surface area contributed by atoms with Gasteiger partial charge in [0, 0.05) is 12.6 Å². The van der Waals surface area contributed by atoms with Crippen LogP contribution in [0.25, 0.3) is 0 Å². The van der Waals surface area contributed by atoms with Gasteiger partial charge in [0.1, 0.15) is 0 Å². The van der Waals surface area contributed by atoms with Crippen molar-refractivity contribution >= 4 is 15.7 Å². The summed E-state index contributed by atoms with van der Waals surface area (Å²) in [6, 6.07) is 6.37. The molecule has 5 heteroatoms. The van der Waals surface area contributed by atoms with Crippen LogP contribution in [0.1, 0.15) is 44.9 Å². The highest BCUT2D eigenvalue weighted by Gasteiger charge is 2.32. The number of hydrogen-bond donors (Lipinski definition) is 1. The van der Waals surface area contributed by atoms with Crippen LogP contribution in [-0.2, 0) is 16.4 Å². The van der Waals surface area contributed by atoms with E-state index in [4.69, 9.17) is 0 Å². The van der Waals surface area contributed by atoms with Crippen molar-refractivity contribution in [1.29, 1.82) is 0 Å². The molecule has 0 bridgehead atoms. The molecule has 4 nitrogen and oxygen atoms in total. The number of anilines is 1. The van der Waals surface area contributed by atoms with Crippen LogP contribution < -0.4 is 9.62 Å². The van der Waals surface area contributed by atoms with E-state index < -0.39 is 10.0 Å². The summed E-state index contributed by atoms with van der Waals surface area (Å²) in [5.41, 5.74) is 2.95. The Hall–Kier alpha value is -1.07. The molecule has 1 aromatic rings. The van der Waals surface area contributed by atoms with Gasteiger partial charge < -0.3 is 5.32 Å². The Bertz CT molecular complexity index is 618. The predicted octanol–water partition coefficient (Wildman–Crippen LogP) is 2.71. The zero-order chi connectivity index (χ0) is 15.8. The maximum Gasteiger partial charge on any atom is 0.235 e. The minimum atomic E-state index is -3.25. The first-order chi connectivity index (χ1) is 9.64. The van der Waals surface area contributed by atoms with Crippen molar-refractivity contribution in [3.63, 3.8) is 0 Å². The van der Waals surface area contributed by atoms with Gasteiger partial charge in [0.25, 0.3) is 0 Å². The van der Waals surface area contributed by atoms with Crippen molar-refractivity contribution in [3.05, 3.63) is 29.3 Å². The third-order valence-electron chi connectivity index (χ3n) is 3.84. The minimum Gasteiger partial charge on any atom is -0.313 e. The molecule has 2 rings (SSSR count). The maximum atomic E-state index is 12.6. The largest absolute Gasteiger partial charge is 0.313 e. The molecule has 1 unspecified atom stereocenters. The van der Waals surface area contributed by atoms with Gasteiger partial charge in [-0.3, -0.25) is 4.31 Å². The monoisotopic (exact) mass is 310 g/mol. The van der Waals surface area contributed by atoms with Crippen molar-refractivity contribution in [2.45, 2.75) is 40.2 Å². The highest BCUT2D eigenvalue weighted by Crippen LogP contribution is 2.34. The van der Waals surface area contributed by atoms with E-state index in [0.29, 0.717) is 6.54 Å².